The molecule has 1 saturated heterocycles. The summed E-state index contributed by atoms with van der Waals surface area (Å²) in [5.74, 6) is -0.580. The number of aliphatic hydroxyl groups is 1. The number of aromatic nitrogens is 2. The molecule has 3 rings (SSSR count). The van der Waals surface area contributed by atoms with Crippen LogP contribution in [0.25, 0.3) is 0 Å². The van der Waals surface area contributed by atoms with Gasteiger partial charge in [-0.05, 0) is 39.8 Å². The van der Waals surface area contributed by atoms with Crippen LogP contribution in [0.3, 0.4) is 0 Å². The van der Waals surface area contributed by atoms with E-state index in [4.69, 9.17) is 24.3 Å². The van der Waals surface area contributed by atoms with E-state index < -0.39 is 73.9 Å². The predicted molar refractivity (Wildman–Crippen MR) is 133 cm³/mol. The van der Waals surface area contributed by atoms with E-state index in [2.05, 4.69) is 5.09 Å². The fraction of sp³-hybridized carbons (Fsp3) is 0.522. The molecule has 13 nitrogen and oxygen atoms in total. The van der Waals surface area contributed by atoms with Gasteiger partial charge in [-0.3, -0.25) is 23.7 Å². The van der Waals surface area contributed by atoms with Crippen LogP contribution in [-0.2, 0) is 23.4 Å². The topological polar surface area (TPSA) is 184 Å². The van der Waals surface area contributed by atoms with Crippen LogP contribution in [0.5, 0.6) is 5.75 Å². The second-order valence-electron chi connectivity index (χ2n) is 9.21. The van der Waals surface area contributed by atoms with Crippen molar-refractivity contribution in [2.24, 2.45) is 5.73 Å². The molecule has 15 heteroatoms. The number of H-pyrrole nitrogens is 1. The number of nitrogens with zero attached hydrogens (tertiary/aromatic N) is 1. The van der Waals surface area contributed by atoms with Crippen molar-refractivity contribution >= 4 is 13.7 Å². The number of para-hydroxylation sites is 1. The number of ether oxygens (including phenoxy) is 2. The van der Waals surface area contributed by atoms with Gasteiger partial charge in [0.2, 0.25) is 0 Å². The summed E-state index contributed by atoms with van der Waals surface area (Å²) < 4.78 is 51.0. The van der Waals surface area contributed by atoms with Crippen LogP contribution in [0.1, 0.15) is 33.9 Å². The van der Waals surface area contributed by atoms with Gasteiger partial charge in [0.25, 0.3) is 5.56 Å². The lowest BCUT2D eigenvalue weighted by molar-refractivity contribution is -0.149. The lowest BCUT2D eigenvalue weighted by Crippen LogP contribution is -2.58. The molecular formula is C23H32FN4O9P. The van der Waals surface area contributed by atoms with Crippen LogP contribution in [0.4, 0.5) is 4.39 Å². The number of alkyl halides is 1. The minimum Gasteiger partial charge on any atom is -0.462 e. The number of nitrogens with one attached hydrogen (secondary N) is 2. The van der Waals surface area contributed by atoms with E-state index in [0.29, 0.717) is 0 Å². The van der Waals surface area contributed by atoms with E-state index in [1.807, 2.05) is 4.98 Å². The summed E-state index contributed by atoms with van der Waals surface area (Å²) in [6.07, 6.45) is -5.37. The summed E-state index contributed by atoms with van der Waals surface area (Å²) in [5, 5.41) is 13.4. The van der Waals surface area contributed by atoms with E-state index in [0.717, 1.165) is 16.8 Å². The maximum atomic E-state index is 14.2. The van der Waals surface area contributed by atoms with Crippen molar-refractivity contribution < 1.29 is 37.4 Å². The molecule has 0 spiro atoms. The molecule has 0 amide bonds. The molecule has 7 atom stereocenters. The Morgan fingerprint density at radius 2 is 1.92 bits per heavy atom. The minimum atomic E-state index is -4.38. The average Bonchev–Trinajstić information content (AvgIpc) is 3.10. The smallest absolute Gasteiger partial charge is 0.459 e. The SMILES string of the molecule is CC(C)OC(=O)[C@H](C)N[P@@](=O)(Oc1ccccc1)O[C@H](C)[C@H]1O[C@@H](n2ccc(=O)[nH]c2=O)[C@@](N)(CF)C1O. The number of nitrogens with two attached hydrogens (primary N) is 1. The molecule has 1 aliphatic heterocycles. The molecular weight excluding hydrogens is 526 g/mol. The molecule has 0 radical (unpaired) electrons. The molecule has 1 aliphatic rings. The second-order valence-corrected chi connectivity index (χ2v) is 10.9. The van der Waals surface area contributed by atoms with Gasteiger partial charge < -0.3 is 24.8 Å². The Balaban J connectivity index is 1.89. The molecule has 2 heterocycles. The number of halogens is 1. The molecule has 1 unspecified atom stereocenters. The largest absolute Gasteiger partial charge is 0.462 e. The third kappa shape index (κ3) is 6.57. The predicted octanol–water partition coefficient (Wildman–Crippen LogP) is 0.984. The first-order valence-corrected chi connectivity index (χ1v) is 13.3. The Morgan fingerprint density at radius 1 is 1.26 bits per heavy atom. The Bertz CT molecular complexity index is 1270. The van der Waals surface area contributed by atoms with Gasteiger partial charge >= 0.3 is 19.4 Å². The fourth-order valence-corrected chi connectivity index (χ4v) is 5.55. The summed E-state index contributed by atoms with van der Waals surface area (Å²) in [5.41, 5.74) is 2.37. The normalized spacial score (nSPS) is 26.5. The zero-order valence-corrected chi connectivity index (χ0v) is 22.2. The van der Waals surface area contributed by atoms with E-state index in [1.54, 1.807) is 32.0 Å². The summed E-state index contributed by atoms with van der Waals surface area (Å²) in [7, 11) is -4.38. The third-order valence-corrected chi connectivity index (χ3v) is 7.50. The molecule has 210 valence electrons. The van der Waals surface area contributed by atoms with Crippen molar-refractivity contribution in [1.29, 1.82) is 0 Å². The maximum Gasteiger partial charge on any atom is 0.459 e. The number of hydrogen-bond donors (Lipinski definition) is 4. The number of carbonyl (C=O) groups is 1. The summed E-state index contributed by atoms with van der Waals surface area (Å²) in [6, 6.07) is 7.84. The molecule has 2 aromatic rings. The molecule has 0 saturated carbocycles. The number of aromatic amines is 1. The van der Waals surface area contributed by atoms with Crippen LogP contribution in [0.2, 0.25) is 0 Å². The highest BCUT2D eigenvalue weighted by molar-refractivity contribution is 7.52. The third-order valence-electron chi connectivity index (χ3n) is 5.74. The van der Waals surface area contributed by atoms with Gasteiger partial charge in [-0.1, -0.05) is 18.2 Å². The zero-order chi connectivity index (χ0) is 28.3. The number of benzene rings is 1. The fourth-order valence-electron chi connectivity index (χ4n) is 3.85. The highest BCUT2D eigenvalue weighted by Crippen LogP contribution is 2.48. The lowest BCUT2D eigenvalue weighted by atomic mass is 9.91. The highest BCUT2D eigenvalue weighted by Gasteiger charge is 2.57. The van der Waals surface area contributed by atoms with Crippen molar-refractivity contribution in [3.63, 3.8) is 0 Å². The van der Waals surface area contributed by atoms with Crippen LogP contribution in [-0.4, -0.2) is 63.3 Å². The quantitative estimate of drug-likeness (QED) is 0.228. The Morgan fingerprint density at radius 3 is 2.50 bits per heavy atom. The van der Waals surface area contributed by atoms with Gasteiger partial charge in [0.05, 0.1) is 12.2 Å². The number of carbonyl (C=O) groups excluding carboxylic acids is 1. The van der Waals surface area contributed by atoms with Gasteiger partial charge in [0.15, 0.2) is 6.23 Å². The first-order valence-electron chi connectivity index (χ1n) is 11.8. The molecule has 0 aliphatic carbocycles. The highest BCUT2D eigenvalue weighted by atomic mass is 31.2. The number of aliphatic hydroxyl groups excluding tert-OH is 1. The molecule has 0 bridgehead atoms. The Labute approximate surface area is 217 Å². The number of hydrogen-bond acceptors (Lipinski definition) is 10. The first-order chi connectivity index (χ1) is 17.8. The monoisotopic (exact) mass is 558 g/mol. The van der Waals surface area contributed by atoms with Crippen LogP contribution in [0, 0.1) is 0 Å². The van der Waals surface area contributed by atoms with Gasteiger partial charge in [0.1, 0.15) is 36.2 Å². The van der Waals surface area contributed by atoms with Crippen molar-refractivity contribution in [1.82, 2.24) is 14.6 Å². The molecule has 38 heavy (non-hydrogen) atoms. The van der Waals surface area contributed by atoms with Gasteiger partial charge in [-0.15, -0.1) is 0 Å². The lowest BCUT2D eigenvalue weighted by Gasteiger charge is -2.31. The van der Waals surface area contributed by atoms with Gasteiger partial charge in [-0.25, -0.2) is 13.8 Å². The Kier molecular flexibility index (Phi) is 9.29. The van der Waals surface area contributed by atoms with Crippen LogP contribution >= 0.6 is 7.75 Å². The number of esters is 1. The molecule has 5 N–H and O–H groups in total. The standard InChI is InChI=1S/C23H32FN4O9P/c1-13(2)34-20(31)14(3)27-38(33,37-16-8-6-5-7-9-16)36-15(4)18-19(30)23(25,12-24)21(35-18)28-11-10-17(29)26-22(28)32/h5-11,13-15,18-19,21,30H,12,25H2,1-4H3,(H,27,33)(H,26,29,32)/t14-,15+,18+,19?,21+,23+,38-/m0/s1. The van der Waals surface area contributed by atoms with Crippen LogP contribution < -0.4 is 26.6 Å². The van der Waals surface area contributed by atoms with E-state index >= 15 is 0 Å². The number of rotatable bonds is 11. The Hall–Kier alpha value is -2.87. The zero-order valence-electron chi connectivity index (χ0n) is 21.3. The van der Waals surface area contributed by atoms with Gasteiger partial charge in [-0.2, -0.15) is 5.09 Å². The molecule has 1 aromatic carbocycles. The van der Waals surface area contributed by atoms with Gasteiger partial charge in [0, 0.05) is 12.3 Å². The maximum absolute atomic E-state index is 14.2. The molecule has 1 fully saturated rings. The second kappa shape index (κ2) is 11.9. The minimum absolute atomic E-state index is 0.141. The van der Waals surface area contributed by atoms with E-state index in [-0.39, 0.29) is 5.75 Å². The van der Waals surface area contributed by atoms with Crippen molar-refractivity contribution in [3.8, 4) is 5.75 Å². The van der Waals surface area contributed by atoms with Crippen molar-refractivity contribution in [3.05, 3.63) is 63.4 Å². The van der Waals surface area contributed by atoms with Crippen LogP contribution in [0.15, 0.2) is 52.2 Å². The summed E-state index contributed by atoms with van der Waals surface area (Å²) in [4.78, 5) is 38.2. The van der Waals surface area contributed by atoms with Crippen molar-refractivity contribution in [2.45, 2.75) is 69.9 Å². The molecule has 1 aromatic heterocycles. The average molecular weight is 559 g/mol. The van der Waals surface area contributed by atoms with Crippen molar-refractivity contribution in [2.75, 3.05) is 6.67 Å². The summed E-state index contributed by atoms with van der Waals surface area (Å²) >= 11 is 0. The summed E-state index contributed by atoms with van der Waals surface area (Å²) in [6.45, 7) is 4.74. The van der Waals surface area contributed by atoms with E-state index in [9.17, 15) is 28.4 Å². The first kappa shape index (κ1) is 29.7. The van der Waals surface area contributed by atoms with E-state index in [1.165, 1.54) is 26.0 Å².